The van der Waals surface area contributed by atoms with E-state index in [0.717, 1.165) is 19.5 Å². The summed E-state index contributed by atoms with van der Waals surface area (Å²) in [4.78, 5) is 14.2. The minimum atomic E-state index is 0.0728. The van der Waals surface area contributed by atoms with Crippen molar-refractivity contribution in [1.82, 2.24) is 10.2 Å². The lowest BCUT2D eigenvalue weighted by Crippen LogP contribution is -2.45. The Hall–Kier alpha value is -0.570. The van der Waals surface area contributed by atoms with E-state index in [9.17, 15) is 4.79 Å². The van der Waals surface area contributed by atoms with Crippen LogP contribution in [0.5, 0.6) is 0 Å². The average molecular weight is 224 g/mol. The van der Waals surface area contributed by atoms with Gasteiger partial charge in [0.05, 0.1) is 6.04 Å². The molecule has 0 spiro atoms. The molecule has 1 unspecified atom stereocenters. The molecule has 1 aliphatic carbocycles. The molecule has 0 aromatic carbocycles. The molecule has 2 aliphatic rings. The van der Waals surface area contributed by atoms with Gasteiger partial charge in [-0.1, -0.05) is 27.2 Å². The number of carbonyl (C=O) groups is 1. The van der Waals surface area contributed by atoms with Crippen LogP contribution in [-0.2, 0) is 4.79 Å². The molecule has 92 valence electrons. The zero-order chi connectivity index (χ0) is 11.8. The quantitative estimate of drug-likeness (QED) is 0.789. The van der Waals surface area contributed by atoms with Crippen LogP contribution < -0.4 is 5.32 Å². The first kappa shape index (κ1) is 11.9. The van der Waals surface area contributed by atoms with E-state index in [1.165, 1.54) is 19.3 Å². The zero-order valence-electron chi connectivity index (χ0n) is 10.8. The van der Waals surface area contributed by atoms with Crippen LogP contribution in [0.1, 0.15) is 46.5 Å². The molecule has 2 fully saturated rings. The standard InChI is InChI=1S/C13H24N2O/c1-10(2)14-11-5-8-15(12(11)16)9-13(3)6-4-7-13/h10-11,14H,4-9H2,1-3H3. The summed E-state index contributed by atoms with van der Waals surface area (Å²) < 4.78 is 0. The van der Waals surface area contributed by atoms with Gasteiger partial charge < -0.3 is 10.2 Å². The summed E-state index contributed by atoms with van der Waals surface area (Å²) in [5.41, 5.74) is 0.419. The highest BCUT2D eigenvalue weighted by Crippen LogP contribution is 2.41. The molecular weight excluding hydrogens is 200 g/mol. The lowest BCUT2D eigenvalue weighted by Gasteiger charge is -2.41. The van der Waals surface area contributed by atoms with Crippen LogP contribution in [0.25, 0.3) is 0 Å². The number of rotatable bonds is 4. The van der Waals surface area contributed by atoms with E-state index < -0.39 is 0 Å². The number of nitrogens with zero attached hydrogens (tertiary/aromatic N) is 1. The number of hydrogen-bond donors (Lipinski definition) is 1. The van der Waals surface area contributed by atoms with Crippen LogP contribution in [0.4, 0.5) is 0 Å². The fraction of sp³-hybridized carbons (Fsp3) is 0.923. The van der Waals surface area contributed by atoms with Crippen molar-refractivity contribution in [3.05, 3.63) is 0 Å². The Morgan fingerprint density at radius 1 is 1.50 bits per heavy atom. The first-order chi connectivity index (χ1) is 7.50. The van der Waals surface area contributed by atoms with Crippen molar-refractivity contribution in [2.45, 2.75) is 58.5 Å². The van der Waals surface area contributed by atoms with Gasteiger partial charge in [0, 0.05) is 19.1 Å². The lowest BCUT2D eigenvalue weighted by atomic mass is 9.70. The van der Waals surface area contributed by atoms with Gasteiger partial charge in [0.15, 0.2) is 0 Å². The van der Waals surface area contributed by atoms with Gasteiger partial charge in [-0.15, -0.1) is 0 Å². The Morgan fingerprint density at radius 3 is 2.69 bits per heavy atom. The SMILES string of the molecule is CC(C)NC1CCN(CC2(C)CCC2)C1=O. The molecule has 2 rings (SSSR count). The predicted octanol–water partition coefficient (Wildman–Crippen LogP) is 1.78. The number of hydrogen-bond acceptors (Lipinski definition) is 2. The van der Waals surface area contributed by atoms with Gasteiger partial charge in [0.1, 0.15) is 0 Å². The summed E-state index contributed by atoms with van der Waals surface area (Å²) in [5, 5.41) is 3.35. The summed E-state index contributed by atoms with van der Waals surface area (Å²) >= 11 is 0. The zero-order valence-corrected chi connectivity index (χ0v) is 10.8. The van der Waals surface area contributed by atoms with Gasteiger partial charge in [-0.05, 0) is 24.7 Å². The first-order valence-corrected chi connectivity index (χ1v) is 6.55. The van der Waals surface area contributed by atoms with Crippen LogP contribution in [0.2, 0.25) is 0 Å². The van der Waals surface area contributed by atoms with E-state index >= 15 is 0 Å². The fourth-order valence-corrected chi connectivity index (χ4v) is 2.85. The lowest BCUT2D eigenvalue weighted by molar-refractivity contribution is -0.131. The Bertz CT molecular complexity index is 271. The molecular formula is C13H24N2O. The van der Waals surface area contributed by atoms with Gasteiger partial charge >= 0.3 is 0 Å². The molecule has 0 aromatic rings. The van der Waals surface area contributed by atoms with E-state index in [1.54, 1.807) is 0 Å². The molecule has 3 nitrogen and oxygen atoms in total. The molecule has 1 heterocycles. The molecule has 1 saturated carbocycles. The largest absolute Gasteiger partial charge is 0.341 e. The smallest absolute Gasteiger partial charge is 0.239 e. The van der Waals surface area contributed by atoms with Gasteiger partial charge in [0.2, 0.25) is 5.91 Å². The minimum Gasteiger partial charge on any atom is -0.341 e. The molecule has 16 heavy (non-hydrogen) atoms. The third-order valence-electron chi connectivity index (χ3n) is 3.97. The average Bonchev–Trinajstić information content (AvgIpc) is 2.47. The highest BCUT2D eigenvalue weighted by Gasteiger charge is 2.39. The molecule has 3 heteroatoms. The Morgan fingerprint density at radius 2 is 2.19 bits per heavy atom. The molecule has 1 atom stereocenters. The second-order valence-corrected chi connectivity index (χ2v) is 6.09. The summed E-state index contributed by atoms with van der Waals surface area (Å²) in [6.45, 7) is 8.43. The van der Waals surface area contributed by atoms with E-state index in [2.05, 4.69) is 31.0 Å². The fourth-order valence-electron chi connectivity index (χ4n) is 2.85. The van der Waals surface area contributed by atoms with Crippen LogP contribution in [0.3, 0.4) is 0 Å². The summed E-state index contributed by atoms with van der Waals surface area (Å²) in [6.07, 6.45) is 4.90. The van der Waals surface area contributed by atoms with Crippen LogP contribution in [0.15, 0.2) is 0 Å². The Balaban J connectivity index is 1.86. The highest BCUT2D eigenvalue weighted by atomic mass is 16.2. The first-order valence-electron chi connectivity index (χ1n) is 6.55. The molecule has 0 radical (unpaired) electrons. The Kier molecular flexibility index (Phi) is 3.24. The monoisotopic (exact) mass is 224 g/mol. The van der Waals surface area contributed by atoms with Gasteiger partial charge in [-0.2, -0.15) is 0 Å². The van der Waals surface area contributed by atoms with E-state index in [-0.39, 0.29) is 6.04 Å². The topological polar surface area (TPSA) is 32.3 Å². The van der Waals surface area contributed by atoms with Crippen molar-refractivity contribution < 1.29 is 4.79 Å². The normalized spacial score (nSPS) is 28.6. The van der Waals surface area contributed by atoms with Gasteiger partial charge in [0.25, 0.3) is 0 Å². The summed E-state index contributed by atoms with van der Waals surface area (Å²) in [6, 6.07) is 0.469. The third kappa shape index (κ3) is 2.40. The molecule has 0 bridgehead atoms. The van der Waals surface area contributed by atoms with Crippen LogP contribution >= 0.6 is 0 Å². The van der Waals surface area contributed by atoms with Crippen molar-refractivity contribution in [3.8, 4) is 0 Å². The minimum absolute atomic E-state index is 0.0728. The summed E-state index contributed by atoms with van der Waals surface area (Å²) in [5.74, 6) is 0.321. The second kappa shape index (κ2) is 4.36. The maximum absolute atomic E-state index is 12.1. The van der Waals surface area contributed by atoms with Crippen LogP contribution in [0, 0.1) is 5.41 Å². The molecule has 1 N–H and O–H groups in total. The van der Waals surface area contributed by atoms with Crippen molar-refractivity contribution in [2.75, 3.05) is 13.1 Å². The van der Waals surface area contributed by atoms with Crippen LogP contribution in [-0.4, -0.2) is 36.0 Å². The van der Waals surface area contributed by atoms with Crippen molar-refractivity contribution >= 4 is 5.91 Å². The van der Waals surface area contributed by atoms with Crippen molar-refractivity contribution in [3.63, 3.8) is 0 Å². The number of amides is 1. The predicted molar refractivity (Wildman–Crippen MR) is 65.2 cm³/mol. The maximum Gasteiger partial charge on any atom is 0.239 e. The highest BCUT2D eigenvalue weighted by molar-refractivity contribution is 5.84. The third-order valence-corrected chi connectivity index (χ3v) is 3.97. The van der Waals surface area contributed by atoms with Gasteiger partial charge in [-0.25, -0.2) is 0 Å². The Labute approximate surface area is 98.6 Å². The molecule has 1 aliphatic heterocycles. The maximum atomic E-state index is 12.1. The van der Waals surface area contributed by atoms with E-state index in [1.807, 2.05) is 0 Å². The molecule has 1 saturated heterocycles. The van der Waals surface area contributed by atoms with Crippen molar-refractivity contribution in [2.24, 2.45) is 5.41 Å². The second-order valence-electron chi connectivity index (χ2n) is 6.09. The van der Waals surface area contributed by atoms with Crippen molar-refractivity contribution in [1.29, 1.82) is 0 Å². The molecule has 1 amide bonds. The molecule has 0 aromatic heterocycles. The number of nitrogens with one attached hydrogen (secondary N) is 1. The number of likely N-dealkylation sites (tertiary alicyclic amines) is 1. The number of carbonyl (C=O) groups excluding carboxylic acids is 1. The van der Waals surface area contributed by atoms with E-state index in [0.29, 0.717) is 17.4 Å². The summed E-state index contributed by atoms with van der Waals surface area (Å²) in [7, 11) is 0. The van der Waals surface area contributed by atoms with E-state index in [4.69, 9.17) is 0 Å². The van der Waals surface area contributed by atoms with Gasteiger partial charge in [-0.3, -0.25) is 4.79 Å².